The second-order valence-corrected chi connectivity index (χ2v) is 6.31. The molecule has 2 saturated heterocycles. The van der Waals surface area contributed by atoms with Crippen LogP contribution in [0.25, 0.3) is 0 Å². The van der Waals surface area contributed by atoms with Crippen LogP contribution >= 0.6 is 11.8 Å². The highest BCUT2D eigenvalue weighted by Gasteiger charge is 2.48. The van der Waals surface area contributed by atoms with Gasteiger partial charge >= 0.3 is 5.97 Å². The molecule has 3 unspecified atom stereocenters. The minimum atomic E-state index is -0.899. The van der Waals surface area contributed by atoms with Gasteiger partial charge in [-0.3, -0.25) is 4.79 Å². The van der Waals surface area contributed by atoms with Gasteiger partial charge < -0.3 is 15.3 Å². The van der Waals surface area contributed by atoms with Crippen molar-refractivity contribution in [3.63, 3.8) is 0 Å². The molecule has 2 fully saturated rings. The lowest BCUT2D eigenvalue weighted by Gasteiger charge is -2.35. The van der Waals surface area contributed by atoms with E-state index in [-0.39, 0.29) is 11.3 Å². The summed E-state index contributed by atoms with van der Waals surface area (Å²) in [5.41, 5.74) is -0.535. The van der Waals surface area contributed by atoms with Crippen LogP contribution in [0.15, 0.2) is 0 Å². The SMILES string of the molecule is CCC1(C(=O)N2C(C)SCC2C(=O)O)CCCN1. The number of carboxylic acids is 1. The van der Waals surface area contributed by atoms with Crippen molar-refractivity contribution < 1.29 is 14.7 Å². The molecule has 5 nitrogen and oxygen atoms in total. The zero-order valence-electron chi connectivity index (χ0n) is 10.8. The van der Waals surface area contributed by atoms with Crippen molar-refractivity contribution >= 4 is 23.6 Å². The summed E-state index contributed by atoms with van der Waals surface area (Å²) in [6, 6.07) is -0.677. The number of hydrogen-bond acceptors (Lipinski definition) is 4. The Morgan fingerprint density at radius 2 is 2.28 bits per heavy atom. The Morgan fingerprint density at radius 1 is 1.56 bits per heavy atom. The first-order valence-corrected chi connectivity index (χ1v) is 7.49. The molecule has 0 bridgehead atoms. The van der Waals surface area contributed by atoms with E-state index in [1.54, 1.807) is 4.90 Å². The fourth-order valence-corrected chi connectivity index (χ4v) is 4.00. The molecule has 0 saturated carbocycles. The number of nitrogens with one attached hydrogen (secondary N) is 1. The lowest BCUT2D eigenvalue weighted by atomic mass is 9.92. The Kier molecular flexibility index (Phi) is 3.87. The van der Waals surface area contributed by atoms with Gasteiger partial charge in [0.05, 0.1) is 10.9 Å². The standard InChI is InChI=1S/C12H20N2O3S/c1-3-12(5-4-6-13-12)11(17)14-8(2)18-7-9(14)10(15)16/h8-9,13H,3-7H2,1-2H3,(H,15,16). The third-order valence-electron chi connectivity index (χ3n) is 4.00. The van der Waals surface area contributed by atoms with Crippen molar-refractivity contribution in [1.82, 2.24) is 10.2 Å². The van der Waals surface area contributed by atoms with Crippen LogP contribution in [0.2, 0.25) is 0 Å². The average Bonchev–Trinajstić information content (AvgIpc) is 2.95. The lowest BCUT2D eigenvalue weighted by Crippen LogP contribution is -2.58. The van der Waals surface area contributed by atoms with E-state index < -0.39 is 17.6 Å². The van der Waals surface area contributed by atoms with Crippen LogP contribution in [0.3, 0.4) is 0 Å². The number of hydrogen-bond donors (Lipinski definition) is 2. The molecule has 0 aliphatic carbocycles. The van der Waals surface area contributed by atoms with Crippen molar-refractivity contribution in [3.05, 3.63) is 0 Å². The van der Waals surface area contributed by atoms with E-state index in [4.69, 9.17) is 0 Å². The molecular weight excluding hydrogens is 252 g/mol. The topological polar surface area (TPSA) is 69.6 Å². The minimum Gasteiger partial charge on any atom is -0.480 e. The minimum absolute atomic E-state index is 0.0348. The highest BCUT2D eigenvalue weighted by atomic mass is 32.2. The van der Waals surface area contributed by atoms with Crippen molar-refractivity contribution in [1.29, 1.82) is 0 Å². The number of aliphatic carboxylic acids is 1. The predicted molar refractivity (Wildman–Crippen MR) is 70.4 cm³/mol. The number of rotatable bonds is 3. The Hall–Kier alpha value is -0.750. The molecule has 0 radical (unpaired) electrons. The number of carbonyl (C=O) groups is 2. The molecule has 2 N–H and O–H groups in total. The molecule has 18 heavy (non-hydrogen) atoms. The van der Waals surface area contributed by atoms with E-state index in [9.17, 15) is 14.7 Å². The maximum atomic E-state index is 12.7. The second kappa shape index (κ2) is 5.09. The Balaban J connectivity index is 2.23. The number of amides is 1. The van der Waals surface area contributed by atoms with Crippen molar-refractivity contribution in [2.45, 2.75) is 50.1 Å². The Bertz CT molecular complexity index is 355. The van der Waals surface area contributed by atoms with E-state index >= 15 is 0 Å². The van der Waals surface area contributed by atoms with Crippen molar-refractivity contribution in [2.24, 2.45) is 0 Å². The van der Waals surface area contributed by atoms with Gasteiger partial charge in [-0.15, -0.1) is 11.8 Å². The zero-order valence-corrected chi connectivity index (χ0v) is 11.6. The molecule has 2 rings (SSSR count). The number of carboxylic acid groups (broad SMARTS) is 1. The largest absolute Gasteiger partial charge is 0.480 e. The second-order valence-electron chi connectivity index (χ2n) is 4.97. The van der Waals surface area contributed by atoms with Gasteiger partial charge in [0.1, 0.15) is 6.04 Å². The molecule has 2 heterocycles. The van der Waals surface area contributed by atoms with Crippen LogP contribution in [0.4, 0.5) is 0 Å². The van der Waals surface area contributed by atoms with Gasteiger partial charge in [0.15, 0.2) is 0 Å². The van der Waals surface area contributed by atoms with E-state index in [2.05, 4.69) is 5.32 Å². The van der Waals surface area contributed by atoms with E-state index in [1.165, 1.54) is 11.8 Å². The third-order valence-corrected chi connectivity index (χ3v) is 5.22. The summed E-state index contributed by atoms with van der Waals surface area (Å²) >= 11 is 1.53. The van der Waals surface area contributed by atoms with Crippen LogP contribution in [0.5, 0.6) is 0 Å². The van der Waals surface area contributed by atoms with Gasteiger partial charge in [0.2, 0.25) is 5.91 Å². The fourth-order valence-electron chi connectivity index (χ4n) is 2.83. The van der Waals surface area contributed by atoms with Gasteiger partial charge in [0.25, 0.3) is 0 Å². The highest BCUT2D eigenvalue weighted by molar-refractivity contribution is 8.00. The number of thioether (sulfide) groups is 1. The van der Waals surface area contributed by atoms with E-state index in [0.717, 1.165) is 19.4 Å². The molecule has 1 amide bonds. The highest BCUT2D eigenvalue weighted by Crippen LogP contribution is 2.34. The van der Waals surface area contributed by atoms with Crippen LogP contribution in [-0.2, 0) is 9.59 Å². The quantitative estimate of drug-likeness (QED) is 0.798. The molecule has 2 aliphatic heterocycles. The van der Waals surface area contributed by atoms with Crippen molar-refractivity contribution in [3.8, 4) is 0 Å². The molecule has 0 aromatic heterocycles. The summed E-state index contributed by atoms with van der Waals surface area (Å²) in [5, 5.41) is 12.5. The van der Waals surface area contributed by atoms with Crippen LogP contribution < -0.4 is 5.32 Å². The van der Waals surface area contributed by atoms with Gasteiger partial charge in [-0.05, 0) is 32.7 Å². The normalized spacial score (nSPS) is 36.0. The summed E-state index contributed by atoms with van der Waals surface area (Å²) in [5.74, 6) is -0.445. The summed E-state index contributed by atoms with van der Waals surface area (Å²) in [6.45, 7) is 4.73. The molecule has 0 aromatic rings. The molecule has 2 aliphatic rings. The van der Waals surface area contributed by atoms with Crippen LogP contribution in [-0.4, -0.2) is 51.1 Å². The summed E-state index contributed by atoms with van der Waals surface area (Å²) in [7, 11) is 0. The Labute approximate surface area is 111 Å². The van der Waals surface area contributed by atoms with Gasteiger partial charge in [-0.2, -0.15) is 0 Å². The smallest absolute Gasteiger partial charge is 0.327 e. The monoisotopic (exact) mass is 272 g/mol. The average molecular weight is 272 g/mol. The van der Waals surface area contributed by atoms with Crippen LogP contribution in [0, 0.1) is 0 Å². The predicted octanol–water partition coefficient (Wildman–Crippen LogP) is 0.893. The molecule has 0 spiro atoms. The Morgan fingerprint density at radius 3 is 2.78 bits per heavy atom. The lowest BCUT2D eigenvalue weighted by molar-refractivity contribution is -0.151. The summed E-state index contributed by atoms with van der Waals surface area (Å²) < 4.78 is 0. The van der Waals surface area contributed by atoms with E-state index in [1.807, 2.05) is 13.8 Å². The number of carbonyl (C=O) groups excluding carboxylic acids is 1. The molecule has 6 heteroatoms. The zero-order chi connectivity index (χ0) is 13.3. The molecule has 3 atom stereocenters. The van der Waals surface area contributed by atoms with Gasteiger partial charge in [-0.1, -0.05) is 6.92 Å². The summed E-state index contributed by atoms with van der Waals surface area (Å²) in [4.78, 5) is 25.5. The first-order chi connectivity index (χ1) is 8.52. The fraction of sp³-hybridized carbons (Fsp3) is 0.833. The molecule has 0 aromatic carbocycles. The number of nitrogens with zero attached hydrogens (tertiary/aromatic N) is 1. The van der Waals surface area contributed by atoms with E-state index in [0.29, 0.717) is 12.2 Å². The molecule has 102 valence electrons. The van der Waals surface area contributed by atoms with Crippen molar-refractivity contribution in [2.75, 3.05) is 12.3 Å². The molecular formula is C12H20N2O3S. The third kappa shape index (κ3) is 2.12. The maximum Gasteiger partial charge on any atom is 0.327 e. The first-order valence-electron chi connectivity index (χ1n) is 6.44. The maximum absolute atomic E-state index is 12.7. The summed E-state index contributed by atoms with van der Waals surface area (Å²) in [6.07, 6.45) is 2.50. The van der Waals surface area contributed by atoms with Gasteiger partial charge in [-0.25, -0.2) is 4.79 Å². The van der Waals surface area contributed by atoms with Gasteiger partial charge in [0, 0.05) is 5.75 Å². The van der Waals surface area contributed by atoms with Crippen LogP contribution in [0.1, 0.15) is 33.1 Å². The first kappa shape index (κ1) is 13.7.